The van der Waals surface area contributed by atoms with Crippen molar-refractivity contribution in [2.45, 2.75) is 19.4 Å². The van der Waals surface area contributed by atoms with Crippen LogP contribution in [0.5, 0.6) is 5.75 Å². The number of carbonyl (C=O) groups is 3. The van der Waals surface area contributed by atoms with E-state index >= 15 is 0 Å². The lowest BCUT2D eigenvalue weighted by atomic mass is 9.96. The number of amides is 1. The van der Waals surface area contributed by atoms with E-state index in [0.717, 1.165) is 69.1 Å². The van der Waals surface area contributed by atoms with Crippen LogP contribution in [0.15, 0.2) is 60.7 Å². The van der Waals surface area contributed by atoms with E-state index in [4.69, 9.17) is 14.9 Å². The molecule has 1 amide bonds. The second kappa shape index (κ2) is 13.3. The highest BCUT2D eigenvalue weighted by molar-refractivity contribution is 5.98. The molecule has 0 spiro atoms. The number of fused-ring (bicyclic) bond motifs is 1. The molecule has 4 rings (SSSR count). The first kappa shape index (κ1) is 26.7. The number of anilines is 1. The van der Waals surface area contributed by atoms with Crippen LogP contribution in [-0.2, 0) is 16.1 Å². The van der Waals surface area contributed by atoms with Crippen molar-refractivity contribution in [3.63, 3.8) is 0 Å². The summed E-state index contributed by atoms with van der Waals surface area (Å²) in [6.07, 6.45) is 3.44. The minimum Gasteiger partial charge on any atom is -0.495 e. The van der Waals surface area contributed by atoms with Gasteiger partial charge in [-0.1, -0.05) is 30.3 Å². The number of rotatable bonds is 9. The quantitative estimate of drug-likeness (QED) is 0.454. The van der Waals surface area contributed by atoms with Gasteiger partial charge in [0.25, 0.3) is 5.91 Å². The number of hydrogen-bond acceptors (Lipinski definition) is 6. The molecule has 9 heteroatoms. The van der Waals surface area contributed by atoms with Crippen molar-refractivity contribution < 1.29 is 29.3 Å². The molecule has 2 aromatic rings. The molecule has 36 heavy (non-hydrogen) atoms. The van der Waals surface area contributed by atoms with Crippen LogP contribution >= 0.6 is 0 Å². The van der Waals surface area contributed by atoms with E-state index in [1.165, 1.54) is 5.56 Å². The lowest BCUT2D eigenvalue weighted by molar-refractivity contribution is -0.134. The lowest BCUT2D eigenvalue weighted by Crippen LogP contribution is -2.40. The molecule has 0 saturated carbocycles. The van der Waals surface area contributed by atoms with Crippen LogP contribution < -0.4 is 10.1 Å². The van der Waals surface area contributed by atoms with Crippen molar-refractivity contribution >= 4 is 23.5 Å². The Balaban J connectivity index is 0.000000392. The standard InChI is InChI=1S/C23H29N3O2.C4H4O4/c1-28-22-9-5-4-8-21(22)24-12-15-25-13-10-18(11-14-25)16-26-17-19-6-2-3-7-20(19)23(26)27;5-3(6)1-2-4(7)8/h2-9,18,24H,10-17H2,1H3;1-2H,(H,5,6)(H,7,8). The number of carbonyl (C=O) groups excluding carboxylic acids is 1. The number of benzene rings is 2. The topological polar surface area (TPSA) is 119 Å². The minimum atomic E-state index is -1.26. The van der Waals surface area contributed by atoms with E-state index in [-0.39, 0.29) is 5.91 Å². The molecule has 2 aliphatic rings. The Hall–Kier alpha value is -3.85. The number of hydrogen-bond donors (Lipinski definition) is 3. The second-order valence-corrected chi connectivity index (χ2v) is 8.76. The first-order valence-electron chi connectivity index (χ1n) is 12.0. The zero-order valence-electron chi connectivity index (χ0n) is 20.4. The zero-order chi connectivity index (χ0) is 25.9. The molecule has 0 radical (unpaired) electrons. The predicted octanol–water partition coefficient (Wildman–Crippen LogP) is 3.19. The molecular weight excluding hydrogens is 462 g/mol. The monoisotopic (exact) mass is 495 g/mol. The van der Waals surface area contributed by atoms with Crippen LogP contribution in [0, 0.1) is 5.92 Å². The van der Waals surface area contributed by atoms with E-state index < -0.39 is 11.9 Å². The number of ether oxygens (including phenoxy) is 1. The molecule has 0 unspecified atom stereocenters. The highest BCUT2D eigenvalue weighted by atomic mass is 16.5. The highest BCUT2D eigenvalue weighted by Gasteiger charge is 2.29. The van der Waals surface area contributed by atoms with Gasteiger partial charge in [0.15, 0.2) is 0 Å². The van der Waals surface area contributed by atoms with Crippen molar-refractivity contribution in [2.24, 2.45) is 5.92 Å². The fraction of sp³-hybridized carbons (Fsp3) is 0.370. The summed E-state index contributed by atoms with van der Waals surface area (Å²) in [5.74, 6) is -0.812. The van der Waals surface area contributed by atoms with Crippen LogP contribution in [0.3, 0.4) is 0 Å². The van der Waals surface area contributed by atoms with Crippen molar-refractivity contribution in [2.75, 3.05) is 45.2 Å². The first-order valence-corrected chi connectivity index (χ1v) is 12.0. The van der Waals surface area contributed by atoms with Crippen molar-refractivity contribution in [1.82, 2.24) is 9.80 Å². The average Bonchev–Trinajstić information content (AvgIpc) is 3.19. The second-order valence-electron chi connectivity index (χ2n) is 8.76. The van der Waals surface area contributed by atoms with Crippen LogP contribution in [-0.4, -0.2) is 77.7 Å². The predicted molar refractivity (Wildman–Crippen MR) is 136 cm³/mol. The fourth-order valence-corrected chi connectivity index (χ4v) is 4.45. The SMILES string of the molecule is COc1ccccc1NCCN1CCC(CN2Cc3ccccc3C2=O)CC1.O=C(O)C=CC(=O)O. The van der Waals surface area contributed by atoms with E-state index in [9.17, 15) is 14.4 Å². The number of methoxy groups -OCH3 is 1. The molecule has 2 aromatic carbocycles. The Morgan fingerprint density at radius 1 is 1.03 bits per heavy atom. The highest BCUT2D eigenvalue weighted by Crippen LogP contribution is 2.26. The summed E-state index contributed by atoms with van der Waals surface area (Å²) < 4.78 is 5.39. The van der Waals surface area contributed by atoms with Crippen LogP contribution in [0.1, 0.15) is 28.8 Å². The number of carboxylic acids is 2. The molecule has 1 fully saturated rings. The normalized spacial score (nSPS) is 15.8. The third-order valence-corrected chi connectivity index (χ3v) is 6.30. The van der Waals surface area contributed by atoms with E-state index in [2.05, 4.69) is 22.3 Å². The molecule has 3 N–H and O–H groups in total. The number of likely N-dealkylation sites (tertiary alicyclic amines) is 1. The summed E-state index contributed by atoms with van der Waals surface area (Å²) in [6.45, 7) is 5.81. The van der Waals surface area contributed by atoms with Gasteiger partial charge in [-0.2, -0.15) is 0 Å². The Morgan fingerprint density at radius 3 is 2.31 bits per heavy atom. The number of carboxylic acid groups (broad SMARTS) is 2. The van der Waals surface area contributed by atoms with E-state index in [0.29, 0.717) is 18.1 Å². The molecule has 1 saturated heterocycles. The van der Waals surface area contributed by atoms with Gasteiger partial charge in [0.05, 0.1) is 12.8 Å². The fourth-order valence-electron chi connectivity index (χ4n) is 4.45. The summed E-state index contributed by atoms with van der Waals surface area (Å²) in [4.78, 5) is 36.2. The van der Waals surface area contributed by atoms with Gasteiger partial charge in [-0.25, -0.2) is 9.59 Å². The summed E-state index contributed by atoms with van der Waals surface area (Å²) in [6, 6.07) is 16.0. The van der Waals surface area contributed by atoms with Crippen molar-refractivity contribution in [3.05, 3.63) is 71.8 Å². The van der Waals surface area contributed by atoms with Crippen LogP contribution in [0.2, 0.25) is 0 Å². The molecule has 2 aliphatic heterocycles. The molecular formula is C27H33N3O6. The van der Waals surface area contributed by atoms with Gasteiger partial charge in [0.2, 0.25) is 0 Å². The van der Waals surface area contributed by atoms with Gasteiger partial charge in [0.1, 0.15) is 5.75 Å². The molecule has 0 bridgehead atoms. The van der Waals surface area contributed by atoms with E-state index in [1.807, 2.05) is 41.3 Å². The Labute approximate surface area is 211 Å². The molecule has 2 heterocycles. The summed E-state index contributed by atoms with van der Waals surface area (Å²) >= 11 is 0. The van der Waals surface area contributed by atoms with Gasteiger partial charge in [-0.3, -0.25) is 4.79 Å². The Morgan fingerprint density at radius 2 is 1.67 bits per heavy atom. The van der Waals surface area contributed by atoms with Crippen LogP contribution in [0.25, 0.3) is 0 Å². The lowest BCUT2D eigenvalue weighted by Gasteiger charge is -2.34. The number of nitrogens with one attached hydrogen (secondary N) is 1. The van der Waals surface area contributed by atoms with Crippen molar-refractivity contribution in [1.29, 1.82) is 0 Å². The van der Waals surface area contributed by atoms with Gasteiger partial charge in [-0.15, -0.1) is 0 Å². The summed E-state index contributed by atoms with van der Waals surface area (Å²) in [5.41, 5.74) is 3.11. The number of nitrogens with zero attached hydrogens (tertiary/aromatic N) is 2. The van der Waals surface area contributed by atoms with Gasteiger partial charge >= 0.3 is 11.9 Å². The largest absolute Gasteiger partial charge is 0.495 e. The third-order valence-electron chi connectivity index (χ3n) is 6.30. The third kappa shape index (κ3) is 7.84. The molecule has 192 valence electrons. The van der Waals surface area contributed by atoms with E-state index in [1.54, 1.807) is 7.11 Å². The minimum absolute atomic E-state index is 0.207. The Bertz CT molecular complexity index is 1060. The number of aliphatic carboxylic acids is 2. The number of para-hydroxylation sites is 2. The van der Waals surface area contributed by atoms with Crippen LogP contribution in [0.4, 0.5) is 5.69 Å². The maximum absolute atomic E-state index is 12.6. The van der Waals surface area contributed by atoms with Crippen molar-refractivity contribution in [3.8, 4) is 5.75 Å². The smallest absolute Gasteiger partial charge is 0.328 e. The molecule has 0 aromatic heterocycles. The Kier molecular flexibility index (Phi) is 9.88. The van der Waals surface area contributed by atoms with Gasteiger partial charge in [0, 0.05) is 43.9 Å². The zero-order valence-corrected chi connectivity index (χ0v) is 20.4. The first-order chi connectivity index (χ1) is 17.4. The molecule has 9 nitrogen and oxygen atoms in total. The summed E-state index contributed by atoms with van der Waals surface area (Å²) in [7, 11) is 1.70. The summed E-state index contributed by atoms with van der Waals surface area (Å²) in [5, 5.41) is 19.1. The maximum Gasteiger partial charge on any atom is 0.328 e. The van der Waals surface area contributed by atoms with Gasteiger partial charge < -0.3 is 30.1 Å². The average molecular weight is 496 g/mol. The molecule has 0 aliphatic carbocycles. The maximum atomic E-state index is 12.6. The number of piperidine rings is 1. The van der Waals surface area contributed by atoms with Gasteiger partial charge in [-0.05, 0) is 55.6 Å². The molecule has 0 atom stereocenters.